The maximum absolute atomic E-state index is 6.11. The zero-order valence-corrected chi connectivity index (χ0v) is 14.1. The van der Waals surface area contributed by atoms with Crippen LogP contribution in [0.1, 0.15) is 0 Å². The minimum Gasteiger partial charge on any atom is -0.379 e. The molecule has 0 spiro atoms. The molecule has 1 aromatic carbocycles. The van der Waals surface area contributed by atoms with E-state index in [4.69, 9.17) is 27.9 Å². The number of benzene rings is 1. The summed E-state index contributed by atoms with van der Waals surface area (Å²) in [5.74, 6) is 1.31. The summed E-state index contributed by atoms with van der Waals surface area (Å²) in [6.45, 7) is 5.30. The average molecular weight is 353 g/mol. The van der Waals surface area contributed by atoms with Crippen molar-refractivity contribution in [2.45, 2.75) is 0 Å². The number of rotatable bonds is 5. The smallest absolute Gasteiger partial charge is 0.163 e. The molecule has 2 heterocycles. The lowest BCUT2D eigenvalue weighted by Crippen LogP contribution is -2.39. The van der Waals surface area contributed by atoms with Crippen molar-refractivity contribution in [1.29, 1.82) is 0 Å². The van der Waals surface area contributed by atoms with Gasteiger partial charge in [0, 0.05) is 42.8 Å². The molecule has 23 heavy (non-hydrogen) atoms. The van der Waals surface area contributed by atoms with E-state index in [9.17, 15) is 0 Å². The molecule has 1 fully saturated rings. The van der Waals surface area contributed by atoms with Crippen LogP contribution in [0.2, 0.25) is 10.2 Å². The molecular weight excluding hydrogens is 335 g/mol. The van der Waals surface area contributed by atoms with E-state index in [0.717, 1.165) is 50.8 Å². The molecule has 1 N–H and O–H groups in total. The first-order valence-corrected chi connectivity index (χ1v) is 8.31. The van der Waals surface area contributed by atoms with Crippen LogP contribution in [0.15, 0.2) is 30.3 Å². The summed E-state index contributed by atoms with van der Waals surface area (Å²) in [5.41, 5.74) is 0.883. The van der Waals surface area contributed by atoms with E-state index in [0.29, 0.717) is 16.0 Å². The molecule has 0 radical (unpaired) electrons. The summed E-state index contributed by atoms with van der Waals surface area (Å²) in [6.07, 6.45) is 0. The number of aromatic nitrogens is 2. The molecule has 5 nitrogen and oxygen atoms in total. The van der Waals surface area contributed by atoms with Crippen molar-refractivity contribution >= 4 is 29.0 Å². The summed E-state index contributed by atoms with van der Waals surface area (Å²) >= 11 is 12.0. The number of anilines is 1. The highest BCUT2D eigenvalue weighted by Crippen LogP contribution is 2.21. The molecule has 1 aliphatic rings. The van der Waals surface area contributed by atoms with Crippen LogP contribution in [0.5, 0.6) is 0 Å². The van der Waals surface area contributed by atoms with Gasteiger partial charge in [0.1, 0.15) is 11.0 Å². The molecule has 0 bridgehead atoms. The van der Waals surface area contributed by atoms with Crippen LogP contribution >= 0.6 is 23.2 Å². The Labute approximate surface area is 145 Å². The first-order valence-electron chi connectivity index (χ1n) is 7.55. The molecule has 0 amide bonds. The molecular formula is C16H18Cl2N4O. The molecule has 1 aliphatic heterocycles. The van der Waals surface area contributed by atoms with E-state index in [2.05, 4.69) is 20.2 Å². The van der Waals surface area contributed by atoms with Gasteiger partial charge >= 0.3 is 0 Å². The monoisotopic (exact) mass is 352 g/mol. The minimum absolute atomic E-state index is 0.416. The highest BCUT2D eigenvalue weighted by atomic mass is 35.5. The van der Waals surface area contributed by atoms with Crippen LogP contribution in [-0.4, -0.2) is 54.3 Å². The van der Waals surface area contributed by atoms with Crippen molar-refractivity contribution in [2.75, 3.05) is 44.7 Å². The van der Waals surface area contributed by atoms with Gasteiger partial charge in [-0.15, -0.1) is 0 Å². The Hall–Kier alpha value is -1.40. The predicted molar refractivity (Wildman–Crippen MR) is 93.2 cm³/mol. The van der Waals surface area contributed by atoms with Crippen molar-refractivity contribution in [3.8, 4) is 11.4 Å². The van der Waals surface area contributed by atoms with Crippen LogP contribution in [0.25, 0.3) is 11.4 Å². The largest absolute Gasteiger partial charge is 0.379 e. The predicted octanol–water partition coefficient (Wildman–Crippen LogP) is 3.19. The first kappa shape index (κ1) is 16.5. The molecule has 7 heteroatoms. The van der Waals surface area contributed by atoms with Crippen LogP contribution in [0.3, 0.4) is 0 Å². The second kappa shape index (κ2) is 7.93. The maximum atomic E-state index is 6.11. The third-order valence-corrected chi connectivity index (χ3v) is 4.08. The van der Waals surface area contributed by atoms with Crippen LogP contribution in [0.4, 0.5) is 5.82 Å². The lowest BCUT2D eigenvalue weighted by atomic mass is 10.2. The Kier molecular flexibility index (Phi) is 5.67. The lowest BCUT2D eigenvalue weighted by Gasteiger charge is -2.26. The zero-order chi connectivity index (χ0) is 16.1. The van der Waals surface area contributed by atoms with Gasteiger partial charge in [0.25, 0.3) is 0 Å². The number of hydrogen-bond acceptors (Lipinski definition) is 5. The zero-order valence-electron chi connectivity index (χ0n) is 12.6. The second-order valence-corrected chi connectivity index (χ2v) is 6.11. The van der Waals surface area contributed by atoms with E-state index in [1.165, 1.54) is 0 Å². The highest BCUT2D eigenvalue weighted by Gasteiger charge is 2.10. The fourth-order valence-corrected chi connectivity index (χ4v) is 2.71. The summed E-state index contributed by atoms with van der Waals surface area (Å²) in [7, 11) is 0. The third kappa shape index (κ3) is 4.78. The number of nitrogens with one attached hydrogen (secondary N) is 1. The van der Waals surface area contributed by atoms with Crippen molar-refractivity contribution in [2.24, 2.45) is 0 Å². The SMILES string of the molecule is Clc1ccc(-c2nc(Cl)cc(NCCN3CCOCC3)n2)cc1. The van der Waals surface area contributed by atoms with Gasteiger partial charge in [0.15, 0.2) is 5.82 Å². The average Bonchev–Trinajstić information content (AvgIpc) is 2.56. The molecule has 122 valence electrons. The lowest BCUT2D eigenvalue weighted by molar-refractivity contribution is 0.0398. The highest BCUT2D eigenvalue weighted by molar-refractivity contribution is 6.30. The van der Waals surface area contributed by atoms with Crippen LogP contribution in [-0.2, 0) is 4.74 Å². The normalized spacial score (nSPS) is 15.6. The van der Waals surface area contributed by atoms with Crippen molar-refractivity contribution in [3.05, 3.63) is 40.5 Å². The minimum atomic E-state index is 0.416. The summed E-state index contributed by atoms with van der Waals surface area (Å²) in [5, 5.41) is 4.41. The van der Waals surface area contributed by atoms with Crippen molar-refractivity contribution in [3.63, 3.8) is 0 Å². The van der Waals surface area contributed by atoms with Crippen molar-refractivity contribution < 1.29 is 4.74 Å². The molecule has 0 atom stereocenters. The number of halogens is 2. The Morgan fingerprint density at radius 2 is 1.83 bits per heavy atom. The molecule has 0 aliphatic carbocycles. The van der Waals surface area contributed by atoms with E-state index in [-0.39, 0.29) is 0 Å². The number of nitrogens with zero attached hydrogens (tertiary/aromatic N) is 3. The first-order chi connectivity index (χ1) is 11.2. The van der Waals surface area contributed by atoms with Gasteiger partial charge in [-0.05, 0) is 24.3 Å². The van der Waals surface area contributed by atoms with Gasteiger partial charge in [-0.25, -0.2) is 9.97 Å². The summed E-state index contributed by atoms with van der Waals surface area (Å²) < 4.78 is 5.34. The molecule has 0 unspecified atom stereocenters. The molecule has 3 rings (SSSR count). The number of morpholine rings is 1. The van der Waals surface area contributed by atoms with E-state index >= 15 is 0 Å². The summed E-state index contributed by atoms with van der Waals surface area (Å²) in [4.78, 5) is 11.2. The number of ether oxygens (including phenoxy) is 1. The van der Waals surface area contributed by atoms with E-state index in [1.54, 1.807) is 6.07 Å². The quantitative estimate of drug-likeness (QED) is 0.837. The van der Waals surface area contributed by atoms with Gasteiger partial charge in [-0.3, -0.25) is 4.90 Å². The van der Waals surface area contributed by atoms with Gasteiger partial charge < -0.3 is 10.1 Å². The molecule has 1 saturated heterocycles. The Balaban J connectivity index is 1.64. The van der Waals surface area contributed by atoms with Crippen molar-refractivity contribution in [1.82, 2.24) is 14.9 Å². The van der Waals surface area contributed by atoms with E-state index in [1.807, 2.05) is 24.3 Å². The third-order valence-electron chi connectivity index (χ3n) is 3.64. The Morgan fingerprint density at radius 3 is 2.57 bits per heavy atom. The van der Waals surface area contributed by atoms with Crippen LogP contribution < -0.4 is 5.32 Å². The summed E-state index contributed by atoms with van der Waals surface area (Å²) in [6, 6.07) is 9.12. The standard InChI is InChI=1S/C16H18Cl2N4O/c17-13-3-1-12(2-4-13)16-20-14(18)11-15(21-16)19-5-6-22-7-9-23-10-8-22/h1-4,11H,5-10H2,(H,19,20,21). The van der Waals surface area contributed by atoms with Gasteiger partial charge in [-0.1, -0.05) is 23.2 Å². The fourth-order valence-electron chi connectivity index (χ4n) is 2.40. The fraction of sp³-hybridized carbons (Fsp3) is 0.375. The maximum Gasteiger partial charge on any atom is 0.163 e. The van der Waals surface area contributed by atoms with E-state index < -0.39 is 0 Å². The molecule has 2 aromatic rings. The molecule has 1 aromatic heterocycles. The molecule has 0 saturated carbocycles. The van der Waals surface area contributed by atoms with Gasteiger partial charge in [-0.2, -0.15) is 0 Å². The van der Waals surface area contributed by atoms with Gasteiger partial charge in [0.05, 0.1) is 13.2 Å². The van der Waals surface area contributed by atoms with Gasteiger partial charge in [0.2, 0.25) is 0 Å². The van der Waals surface area contributed by atoms with Crippen LogP contribution in [0, 0.1) is 0 Å². The number of hydrogen-bond donors (Lipinski definition) is 1. The topological polar surface area (TPSA) is 50.3 Å². The Bertz CT molecular complexity index is 645. The Morgan fingerprint density at radius 1 is 1.09 bits per heavy atom. The second-order valence-electron chi connectivity index (χ2n) is 5.29.